The highest BCUT2D eigenvalue weighted by Gasteiger charge is 2.27. The molecule has 4 rings (SSSR count). The zero-order valence-electron chi connectivity index (χ0n) is 20.4. The first-order chi connectivity index (χ1) is 16.8. The van der Waals surface area contributed by atoms with Crippen molar-refractivity contribution in [1.29, 1.82) is 0 Å². The molecule has 1 atom stereocenters. The van der Waals surface area contributed by atoms with Gasteiger partial charge in [0.2, 0.25) is 0 Å². The Hall–Kier alpha value is -3.56. The maximum absolute atomic E-state index is 15.4. The van der Waals surface area contributed by atoms with Crippen LogP contribution in [0.1, 0.15) is 49.6 Å². The molecule has 0 bridgehead atoms. The second kappa shape index (κ2) is 10.4. The molecule has 0 radical (unpaired) electrons. The fourth-order valence-electron chi connectivity index (χ4n) is 4.87. The van der Waals surface area contributed by atoms with Gasteiger partial charge in [-0.25, -0.2) is 14.1 Å². The van der Waals surface area contributed by atoms with Gasteiger partial charge in [0.05, 0.1) is 29.3 Å². The van der Waals surface area contributed by atoms with E-state index in [1.165, 1.54) is 6.07 Å². The summed E-state index contributed by atoms with van der Waals surface area (Å²) in [5.41, 5.74) is 3.27. The van der Waals surface area contributed by atoms with Crippen LogP contribution in [0.3, 0.4) is 0 Å². The van der Waals surface area contributed by atoms with Gasteiger partial charge in [0.1, 0.15) is 5.69 Å². The number of rotatable bonds is 8. The van der Waals surface area contributed by atoms with E-state index in [2.05, 4.69) is 22.2 Å². The lowest BCUT2D eigenvalue weighted by Gasteiger charge is -2.34. The molecule has 186 valence electrons. The molecule has 0 amide bonds. The van der Waals surface area contributed by atoms with Crippen LogP contribution in [0.5, 0.6) is 0 Å². The van der Waals surface area contributed by atoms with Crippen LogP contribution in [0.2, 0.25) is 0 Å². The number of aromatic nitrogens is 5. The van der Waals surface area contributed by atoms with E-state index in [1.807, 2.05) is 17.2 Å². The molecule has 1 saturated heterocycles. The van der Waals surface area contributed by atoms with E-state index in [-0.39, 0.29) is 24.4 Å². The van der Waals surface area contributed by atoms with Crippen molar-refractivity contribution in [3.63, 3.8) is 0 Å². The third-order valence-corrected chi connectivity index (χ3v) is 6.51. The van der Waals surface area contributed by atoms with E-state index < -0.39 is 11.8 Å². The number of aliphatic carboxylic acids is 1. The summed E-state index contributed by atoms with van der Waals surface area (Å²) in [5, 5.41) is 17.5. The molecular formula is C25H31FN6O3. The van der Waals surface area contributed by atoms with Gasteiger partial charge in [-0.2, -0.15) is 0 Å². The van der Waals surface area contributed by atoms with E-state index >= 15 is 4.39 Å². The normalized spacial score (nSPS) is 16.0. The van der Waals surface area contributed by atoms with Crippen molar-refractivity contribution in [1.82, 2.24) is 24.5 Å². The van der Waals surface area contributed by atoms with E-state index in [1.54, 1.807) is 29.3 Å². The number of nitrogens with zero attached hydrogens (tertiary/aromatic N) is 6. The zero-order valence-corrected chi connectivity index (χ0v) is 20.4. The summed E-state index contributed by atoms with van der Waals surface area (Å²) in [7, 11) is 1.74. The molecule has 35 heavy (non-hydrogen) atoms. The Kier molecular flexibility index (Phi) is 7.28. The number of piperidine rings is 1. The number of carbonyl (C=O) groups is 1. The lowest BCUT2D eigenvalue weighted by atomic mass is 9.94. The van der Waals surface area contributed by atoms with Gasteiger partial charge in [0.25, 0.3) is 5.56 Å². The molecule has 1 N–H and O–H groups in total. The van der Waals surface area contributed by atoms with Crippen LogP contribution in [0, 0.1) is 18.7 Å². The van der Waals surface area contributed by atoms with Gasteiger partial charge >= 0.3 is 5.97 Å². The minimum atomic E-state index is -0.836. The molecule has 10 heteroatoms. The van der Waals surface area contributed by atoms with Crippen LogP contribution in [0.15, 0.2) is 29.2 Å². The summed E-state index contributed by atoms with van der Waals surface area (Å²) in [4.78, 5) is 30.2. The smallest absolute Gasteiger partial charge is 0.303 e. The first-order valence-corrected chi connectivity index (χ1v) is 12.0. The second-order valence-electron chi connectivity index (χ2n) is 9.24. The van der Waals surface area contributed by atoms with E-state index in [0.29, 0.717) is 41.6 Å². The predicted molar refractivity (Wildman–Crippen MR) is 130 cm³/mol. The Morgan fingerprint density at radius 2 is 2.11 bits per heavy atom. The Labute approximate surface area is 203 Å². The number of carboxylic acid groups (broad SMARTS) is 1. The minimum Gasteiger partial charge on any atom is -0.481 e. The molecular weight excluding hydrogens is 451 g/mol. The first kappa shape index (κ1) is 24.6. The molecule has 1 unspecified atom stereocenters. The van der Waals surface area contributed by atoms with Crippen LogP contribution < -0.4 is 10.5 Å². The number of pyridine rings is 2. The van der Waals surface area contributed by atoms with Crippen LogP contribution in [-0.4, -0.2) is 48.7 Å². The molecule has 4 heterocycles. The lowest BCUT2D eigenvalue weighted by molar-refractivity contribution is -0.138. The lowest BCUT2D eigenvalue weighted by Crippen LogP contribution is -2.37. The Balaban J connectivity index is 1.65. The summed E-state index contributed by atoms with van der Waals surface area (Å²) in [6, 6.07) is 4.75. The summed E-state index contributed by atoms with van der Waals surface area (Å²) in [6.45, 7) is 5.21. The van der Waals surface area contributed by atoms with Gasteiger partial charge in [0.15, 0.2) is 5.82 Å². The van der Waals surface area contributed by atoms with Gasteiger partial charge in [0, 0.05) is 44.9 Å². The topological polar surface area (TPSA) is 106 Å². The standard InChI is InChI=1S/C25H31FN6O3/c1-4-6-17-8-9-22(33)32(13-17)15-21-24(28-29-30(21)3)20-12-19(26)25(16(2)27-20)31-10-5-7-18(14-31)11-23(34)35/h8-9,12-13,18H,4-7,10-11,14-15H2,1-3H3,(H,34,35). The molecule has 3 aromatic heterocycles. The van der Waals surface area contributed by atoms with Crippen LogP contribution in [0.4, 0.5) is 10.1 Å². The van der Waals surface area contributed by atoms with Crippen LogP contribution in [-0.2, 0) is 24.8 Å². The number of hydrogen-bond donors (Lipinski definition) is 1. The van der Waals surface area contributed by atoms with Crippen molar-refractivity contribution in [2.75, 3.05) is 18.0 Å². The highest BCUT2D eigenvalue weighted by Crippen LogP contribution is 2.32. The average molecular weight is 483 g/mol. The van der Waals surface area contributed by atoms with Crippen molar-refractivity contribution in [3.8, 4) is 11.4 Å². The maximum Gasteiger partial charge on any atom is 0.303 e. The van der Waals surface area contributed by atoms with E-state index in [0.717, 1.165) is 31.2 Å². The SMILES string of the molecule is CCCc1ccc(=O)n(Cc2c(-c3cc(F)c(N4CCCC(CC(=O)O)C4)c(C)n3)nnn2C)c1. The minimum absolute atomic E-state index is 0.0203. The molecule has 1 aliphatic rings. The largest absolute Gasteiger partial charge is 0.481 e. The molecule has 0 aliphatic carbocycles. The van der Waals surface area contributed by atoms with Gasteiger partial charge in [-0.1, -0.05) is 24.6 Å². The summed E-state index contributed by atoms with van der Waals surface area (Å²) < 4.78 is 18.6. The molecule has 1 aliphatic heterocycles. The van der Waals surface area contributed by atoms with Gasteiger partial charge in [-0.3, -0.25) is 9.59 Å². The Bertz CT molecular complexity index is 1260. The molecule has 1 fully saturated rings. The summed E-state index contributed by atoms with van der Waals surface area (Å²) >= 11 is 0. The Morgan fingerprint density at radius 3 is 2.83 bits per heavy atom. The number of halogens is 1. The summed E-state index contributed by atoms with van der Waals surface area (Å²) in [6.07, 6.45) is 5.38. The Morgan fingerprint density at radius 1 is 1.31 bits per heavy atom. The van der Waals surface area contributed by atoms with E-state index in [4.69, 9.17) is 5.11 Å². The number of hydrogen-bond acceptors (Lipinski definition) is 6. The zero-order chi connectivity index (χ0) is 25.1. The van der Waals surface area contributed by atoms with Crippen molar-refractivity contribution in [2.24, 2.45) is 13.0 Å². The average Bonchev–Trinajstić information content (AvgIpc) is 3.15. The molecule has 0 saturated carbocycles. The number of carboxylic acids is 1. The van der Waals surface area contributed by atoms with Gasteiger partial charge in [-0.05, 0) is 37.7 Å². The van der Waals surface area contributed by atoms with Crippen LogP contribution in [0.25, 0.3) is 11.4 Å². The first-order valence-electron chi connectivity index (χ1n) is 12.0. The van der Waals surface area contributed by atoms with Crippen molar-refractivity contribution in [3.05, 3.63) is 57.5 Å². The van der Waals surface area contributed by atoms with Gasteiger partial charge < -0.3 is 14.6 Å². The van der Waals surface area contributed by atoms with Crippen LogP contribution >= 0.6 is 0 Å². The van der Waals surface area contributed by atoms with Gasteiger partial charge in [-0.15, -0.1) is 5.10 Å². The molecule has 3 aromatic rings. The molecule has 9 nitrogen and oxygen atoms in total. The van der Waals surface area contributed by atoms with Crippen molar-refractivity contribution >= 4 is 11.7 Å². The highest BCUT2D eigenvalue weighted by molar-refractivity contribution is 5.67. The monoisotopic (exact) mass is 482 g/mol. The molecule has 0 spiro atoms. The highest BCUT2D eigenvalue weighted by atomic mass is 19.1. The third-order valence-electron chi connectivity index (χ3n) is 6.51. The number of anilines is 1. The quantitative estimate of drug-likeness (QED) is 0.526. The maximum atomic E-state index is 15.4. The third kappa shape index (κ3) is 5.41. The number of aryl methyl sites for hydroxylation is 3. The molecule has 0 aromatic carbocycles. The van der Waals surface area contributed by atoms with Crippen molar-refractivity contribution < 1.29 is 14.3 Å². The fourth-order valence-corrected chi connectivity index (χ4v) is 4.87. The van der Waals surface area contributed by atoms with E-state index in [9.17, 15) is 9.59 Å². The fraction of sp³-hybridized carbons (Fsp3) is 0.480. The second-order valence-corrected chi connectivity index (χ2v) is 9.24. The van der Waals surface area contributed by atoms with Crippen molar-refractivity contribution in [2.45, 2.75) is 52.5 Å². The summed E-state index contributed by atoms with van der Waals surface area (Å²) in [5.74, 6) is -1.28. The predicted octanol–water partition coefficient (Wildman–Crippen LogP) is 3.18.